The van der Waals surface area contributed by atoms with Crippen LogP contribution in [-0.2, 0) is 26.3 Å². The molecule has 0 unspecified atom stereocenters. The first-order valence-electron chi connectivity index (χ1n) is 11.8. The van der Waals surface area contributed by atoms with Crippen molar-refractivity contribution in [3.05, 3.63) is 65.0 Å². The number of nitrogens with zero attached hydrogens (tertiary/aromatic N) is 3. The Kier molecular flexibility index (Phi) is 10.0. The maximum Gasteiger partial charge on any atom is 0.304 e. The Balaban J connectivity index is 2.50. The van der Waals surface area contributed by atoms with Crippen molar-refractivity contribution in [2.45, 2.75) is 47.2 Å². The third kappa shape index (κ3) is 7.27. The molecule has 10 heteroatoms. The van der Waals surface area contributed by atoms with Crippen LogP contribution >= 0.6 is 0 Å². The smallest absolute Gasteiger partial charge is 0.304 e. The van der Waals surface area contributed by atoms with Gasteiger partial charge in [-0.25, -0.2) is 8.70 Å². The van der Waals surface area contributed by atoms with E-state index in [0.717, 1.165) is 14.2 Å². The van der Waals surface area contributed by atoms with Crippen LogP contribution in [0.5, 0.6) is 0 Å². The van der Waals surface area contributed by atoms with E-state index in [0.29, 0.717) is 17.8 Å². The van der Waals surface area contributed by atoms with Crippen molar-refractivity contribution in [1.29, 1.82) is 0 Å². The third-order valence-corrected chi connectivity index (χ3v) is 7.61. The second-order valence-corrected chi connectivity index (χ2v) is 11.6. The fourth-order valence-corrected chi connectivity index (χ4v) is 4.65. The topological polar surface area (TPSA) is 90.0 Å². The van der Waals surface area contributed by atoms with Gasteiger partial charge < -0.3 is 10.2 Å². The summed E-state index contributed by atoms with van der Waals surface area (Å²) < 4.78 is 43.1. The zero-order valence-corrected chi connectivity index (χ0v) is 22.9. The molecule has 8 nitrogen and oxygen atoms in total. The second kappa shape index (κ2) is 12.3. The highest BCUT2D eigenvalue weighted by Crippen LogP contribution is 2.26. The largest absolute Gasteiger partial charge is 0.354 e. The predicted octanol–water partition coefficient (Wildman–Crippen LogP) is 3.24. The highest BCUT2D eigenvalue weighted by molar-refractivity contribution is 7.90. The van der Waals surface area contributed by atoms with Crippen LogP contribution in [0, 0.1) is 25.6 Å². The number of hydrogen-bond donors (Lipinski definition) is 1. The summed E-state index contributed by atoms with van der Waals surface area (Å²) in [5.74, 6) is -1.35. The summed E-state index contributed by atoms with van der Waals surface area (Å²) in [4.78, 5) is 27.8. The van der Waals surface area contributed by atoms with Gasteiger partial charge in [0.1, 0.15) is 18.4 Å². The molecule has 1 N–H and O–H groups in total. The zero-order chi connectivity index (χ0) is 27.2. The highest BCUT2D eigenvalue weighted by atomic mass is 32.2. The number of anilines is 1. The number of nitrogens with one attached hydrogen (secondary N) is 1. The van der Waals surface area contributed by atoms with E-state index in [2.05, 4.69) is 5.32 Å². The molecule has 2 amide bonds. The predicted molar refractivity (Wildman–Crippen MR) is 140 cm³/mol. The molecule has 0 aliphatic rings. The molecule has 198 valence electrons. The van der Waals surface area contributed by atoms with Gasteiger partial charge in [-0.3, -0.25) is 9.59 Å². The van der Waals surface area contributed by atoms with E-state index >= 15 is 0 Å². The van der Waals surface area contributed by atoms with Gasteiger partial charge >= 0.3 is 10.2 Å². The van der Waals surface area contributed by atoms with E-state index in [4.69, 9.17) is 0 Å². The Bertz CT molecular complexity index is 1180. The minimum atomic E-state index is -4.06. The number of hydrogen-bond acceptors (Lipinski definition) is 4. The molecular formula is C26H37FN4O4S. The third-order valence-electron chi connectivity index (χ3n) is 5.80. The van der Waals surface area contributed by atoms with Gasteiger partial charge in [0.2, 0.25) is 11.8 Å². The molecule has 2 aromatic rings. The fourth-order valence-electron chi connectivity index (χ4n) is 3.54. The summed E-state index contributed by atoms with van der Waals surface area (Å²) in [5, 5.41) is 2.80. The van der Waals surface area contributed by atoms with Crippen LogP contribution in [0.4, 0.5) is 10.1 Å². The molecule has 2 aromatic carbocycles. The van der Waals surface area contributed by atoms with E-state index in [1.54, 1.807) is 32.0 Å². The van der Waals surface area contributed by atoms with Crippen molar-refractivity contribution >= 4 is 27.7 Å². The van der Waals surface area contributed by atoms with Gasteiger partial charge in [-0.2, -0.15) is 12.7 Å². The summed E-state index contributed by atoms with van der Waals surface area (Å²) in [7, 11) is -1.29. The second-order valence-electron chi connectivity index (χ2n) is 9.51. The molecule has 0 aromatic heterocycles. The monoisotopic (exact) mass is 520 g/mol. The lowest BCUT2D eigenvalue weighted by molar-refractivity contribution is -0.139. The number of benzene rings is 2. The lowest BCUT2D eigenvalue weighted by Crippen LogP contribution is -2.52. The van der Waals surface area contributed by atoms with E-state index in [-0.39, 0.29) is 18.0 Å². The van der Waals surface area contributed by atoms with Crippen LogP contribution < -0.4 is 9.62 Å². The average molecular weight is 521 g/mol. The van der Waals surface area contributed by atoms with Crippen LogP contribution in [0.15, 0.2) is 42.5 Å². The zero-order valence-electron chi connectivity index (χ0n) is 22.1. The van der Waals surface area contributed by atoms with Gasteiger partial charge in [0.05, 0.1) is 5.69 Å². The molecule has 0 saturated carbocycles. The first-order chi connectivity index (χ1) is 16.7. The van der Waals surface area contributed by atoms with Gasteiger partial charge in [0.15, 0.2) is 0 Å². The van der Waals surface area contributed by atoms with Crippen LogP contribution in [0.3, 0.4) is 0 Å². The van der Waals surface area contributed by atoms with Gasteiger partial charge in [0.25, 0.3) is 0 Å². The van der Waals surface area contributed by atoms with Crippen LogP contribution in [0.2, 0.25) is 0 Å². The molecule has 0 aliphatic heterocycles. The minimum Gasteiger partial charge on any atom is -0.354 e. The van der Waals surface area contributed by atoms with Crippen LogP contribution in [0.25, 0.3) is 0 Å². The van der Waals surface area contributed by atoms with Crippen molar-refractivity contribution < 1.29 is 22.4 Å². The standard InChI is InChI=1S/C26H37FN4O4S/c1-18(2)15-28-26(33)21(5)30(16-22-10-8-9-11-23(22)27)25(32)17-31(36(34,35)29(6)7)24-14-19(3)12-13-20(24)4/h8-14,18,21H,15-17H2,1-7H3,(H,28,33)/t21-/m1/s1. The summed E-state index contributed by atoms with van der Waals surface area (Å²) in [6.07, 6.45) is 0. The number of amides is 2. The molecule has 36 heavy (non-hydrogen) atoms. The highest BCUT2D eigenvalue weighted by Gasteiger charge is 2.33. The summed E-state index contributed by atoms with van der Waals surface area (Å²) >= 11 is 0. The van der Waals surface area contributed by atoms with E-state index in [1.807, 2.05) is 26.8 Å². The molecule has 0 heterocycles. The number of rotatable bonds is 11. The SMILES string of the molecule is Cc1ccc(C)c(N(CC(=O)N(Cc2ccccc2F)[C@H](C)C(=O)NCC(C)C)S(=O)(=O)N(C)C)c1. The Morgan fingerprint density at radius 1 is 1.03 bits per heavy atom. The van der Waals surface area contributed by atoms with E-state index in [9.17, 15) is 22.4 Å². The number of carbonyl (C=O) groups is 2. The molecular weight excluding hydrogens is 483 g/mol. The van der Waals surface area contributed by atoms with Gasteiger partial charge in [-0.1, -0.05) is 44.2 Å². The molecule has 0 radical (unpaired) electrons. The maximum atomic E-state index is 14.5. The van der Waals surface area contributed by atoms with Crippen LogP contribution in [0.1, 0.15) is 37.5 Å². The molecule has 1 atom stereocenters. The number of aryl methyl sites for hydroxylation is 2. The van der Waals surface area contributed by atoms with Crippen molar-refractivity contribution in [2.24, 2.45) is 5.92 Å². The van der Waals surface area contributed by atoms with Gasteiger partial charge in [0, 0.05) is 32.7 Å². The summed E-state index contributed by atoms with van der Waals surface area (Å²) in [6.45, 7) is 8.70. The maximum absolute atomic E-state index is 14.5. The minimum absolute atomic E-state index is 0.190. The van der Waals surface area contributed by atoms with Crippen molar-refractivity contribution in [1.82, 2.24) is 14.5 Å². The average Bonchev–Trinajstić information content (AvgIpc) is 2.81. The van der Waals surface area contributed by atoms with Crippen molar-refractivity contribution in [3.63, 3.8) is 0 Å². The van der Waals surface area contributed by atoms with Crippen molar-refractivity contribution in [3.8, 4) is 0 Å². The summed E-state index contributed by atoms with van der Waals surface area (Å²) in [6, 6.07) is 10.4. The molecule has 0 bridgehead atoms. The Labute approximate surface area is 214 Å². The fraction of sp³-hybridized carbons (Fsp3) is 0.462. The molecule has 0 spiro atoms. The normalized spacial score (nSPS) is 12.5. The Hall–Kier alpha value is -2.98. The Morgan fingerprint density at radius 2 is 1.67 bits per heavy atom. The van der Waals surface area contributed by atoms with Gasteiger partial charge in [-0.15, -0.1) is 0 Å². The van der Waals surface area contributed by atoms with E-state index in [1.165, 1.54) is 37.2 Å². The van der Waals surface area contributed by atoms with E-state index < -0.39 is 40.4 Å². The lowest BCUT2D eigenvalue weighted by atomic mass is 10.1. The Morgan fingerprint density at radius 3 is 2.25 bits per heavy atom. The van der Waals surface area contributed by atoms with Crippen LogP contribution in [-0.4, -0.2) is 62.7 Å². The summed E-state index contributed by atoms with van der Waals surface area (Å²) in [5.41, 5.74) is 2.08. The number of halogens is 1. The lowest BCUT2D eigenvalue weighted by Gasteiger charge is -2.33. The quantitative estimate of drug-likeness (QED) is 0.493. The molecule has 0 aliphatic carbocycles. The van der Waals surface area contributed by atoms with Gasteiger partial charge in [-0.05, 0) is 49.9 Å². The van der Waals surface area contributed by atoms with Crippen molar-refractivity contribution in [2.75, 3.05) is 31.5 Å². The first kappa shape index (κ1) is 29.3. The molecule has 0 saturated heterocycles. The molecule has 2 rings (SSSR count). The number of carbonyl (C=O) groups excluding carboxylic acids is 2. The molecule has 0 fully saturated rings. The first-order valence-corrected chi connectivity index (χ1v) is 13.2.